The molecule has 0 saturated heterocycles. The van der Waals surface area contributed by atoms with Crippen molar-refractivity contribution in [2.75, 3.05) is 10.6 Å². The molecule has 2 saturated carbocycles. The van der Waals surface area contributed by atoms with E-state index in [1.807, 2.05) is 42.7 Å². The van der Waals surface area contributed by atoms with Crippen molar-refractivity contribution >= 4 is 22.8 Å². The first kappa shape index (κ1) is 19.8. The second kappa shape index (κ2) is 8.27. The molecule has 2 atom stereocenters. The molecule has 0 amide bonds. The molecule has 0 bridgehead atoms. The molecule has 8 heteroatoms. The summed E-state index contributed by atoms with van der Waals surface area (Å²) in [5.41, 5.74) is 2.64. The average molecular weight is 440 g/mol. The molecular formula is C25H25N7O. The third-order valence-corrected chi connectivity index (χ3v) is 6.52. The largest absolute Gasteiger partial charge is 0.351 e. The lowest BCUT2D eigenvalue weighted by Gasteiger charge is -2.15. The second-order valence-electron chi connectivity index (χ2n) is 8.94. The highest BCUT2D eigenvalue weighted by molar-refractivity contribution is 5.80. The molecule has 0 spiro atoms. The van der Waals surface area contributed by atoms with Gasteiger partial charge in [0.15, 0.2) is 0 Å². The number of aromatic nitrogens is 5. The quantitative estimate of drug-likeness (QED) is 0.470. The fourth-order valence-electron chi connectivity index (χ4n) is 4.61. The summed E-state index contributed by atoms with van der Waals surface area (Å²) in [4.78, 5) is 30.4. The minimum absolute atomic E-state index is 0.102. The molecule has 4 aromatic rings. The highest BCUT2D eigenvalue weighted by Gasteiger charge is 2.27. The van der Waals surface area contributed by atoms with E-state index in [4.69, 9.17) is 0 Å². The van der Waals surface area contributed by atoms with Gasteiger partial charge in [-0.1, -0.05) is 18.2 Å². The molecule has 2 fully saturated rings. The summed E-state index contributed by atoms with van der Waals surface area (Å²) in [6.45, 7) is 0. The Hall–Kier alpha value is -3.81. The van der Waals surface area contributed by atoms with Gasteiger partial charge >= 0.3 is 0 Å². The Balaban J connectivity index is 1.11. The number of pyridine rings is 1. The Kier molecular flexibility index (Phi) is 4.97. The predicted octanol–water partition coefficient (Wildman–Crippen LogP) is 3.89. The lowest BCUT2D eigenvalue weighted by molar-refractivity contribution is 0.713. The molecule has 2 N–H and O–H groups in total. The Morgan fingerprint density at radius 2 is 1.39 bits per heavy atom. The fraction of sp³-hybridized carbons (Fsp3) is 0.320. The third-order valence-electron chi connectivity index (χ3n) is 6.52. The number of hydrogen-bond donors (Lipinski definition) is 2. The van der Waals surface area contributed by atoms with Crippen molar-refractivity contribution < 1.29 is 0 Å². The van der Waals surface area contributed by atoms with Crippen LogP contribution in [-0.2, 0) is 0 Å². The maximum Gasteiger partial charge on any atom is 0.255 e. The molecule has 1 aromatic carbocycles. The van der Waals surface area contributed by atoms with E-state index in [0.717, 1.165) is 30.2 Å². The molecule has 0 aliphatic heterocycles. The van der Waals surface area contributed by atoms with Gasteiger partial charge in [0.2, 0.25) is 11.9 Å². The van der Waals surface area contributed by atoms with Crippen LogP contribution in [0.3, 0.4) is 0 Å². The Labute approximate surface area is 191 Å². The van der Waals surface area contributed by atoms with E-state index >= 15 is 0 Å². The van der Waals surface area contributed by atoms with Crippen molar-refractivity contribution in [2.45, 2.75) is 50.1 Å². The maximum absolute atomic E-state index is 12.5. The second-order valence-corrected chi connectivity index (χ2v) is 8.94. The van der Waals surface area contributed by atoms with Crippen LogP contribution in [0, 0.1) is 0 Å². The molecule has 0 radical (unpaired) electrons. The van der Waals surface area contributed by atoms with Gasteiger partial charge in [0.05, 0.1) is 23.6 Å². The smallest absolute Gasteiger partial charge is 0.255 e. The monoisotopic (exact) mass is 439 g/mol. The van der Waals surface area contributed by atoms with Crippen molar-refractivity contribution in [3.05, 3.63) is 77.1 Å². The van der Waals surface area contributed by atoms with Gasteiger partial charge in [-0.25, -0.2) is 19.9 Å². The third kappa shape index (κ3) is 4.16. The van der Waals surface area contributed by atoms with Crippen LogP contribution >= 0.6 is 0 Å². The molecule has 2 aliphatic carbocycles. The van der Waals surface area contributed by atoms with Crippen LogP contribution in [-0.4, -0.2) is 36.6 Å². The zero-order chi connectivity index (χ0) is 22.2. The van der Waals surface area contributed by atoms with Crippen molar-refractivity contribution in [1.82, 2.24) is 24.5 Å². The minimum Gasteiger partial charge on any atom is -0.351 e. The highest BCUT2D eigenvalue weighted by Crippen LogP contribution is 2.39. The summed E-state index contributed by atoms with van der Waals surface area (Å²) in [6, 6.07) is 11.8. The van der Waals surface area contributed by atoms with Crippen molar-refractivity contribution in [1.29, 1.82) is 0 Å². The Morgan fingerprint density at radius 3 is 2.06 bits per heavy atom. The van der Waals surface area contributed by atoms with Crippen molar-refractivity contribution in [3.8, 4) is 5.69 Å². The molecule has 33 heavy (non-hydrogen) atoms. The predicted molar refractivity (Wildman–Crippen MR) is 128 cm³/mol. The lowest BCUT2D eigenvalue weighted by atomic mass is 10.2. The SMILES string of the molecule is O=c1ccc2ccccc2n1-c1cnc(N[C@H]2CC[C@H](Nc3ncc(C4CC4)cn3)C2)nc1. The van der Waals surface area contributed by atoms with Crippen LogP contribution in [0.2, 0.25) is 0 Å². The van der Waals surface area contributed by atoms with Gasteiger partial charge in [-0.2, -0.15) is 0 Å². The molecule has 2 aliphatic rings. The standard InChI is InChI=1S/C25H25N7O/c33-23-10-7-17-3-1-2-4-22(17)32(23)21-14-28-25(29-15-21)31-20-9-8-19(11-20)30-24-26-12-18(13-27-24)16-5-6-16/h1-4,7,10,12-16,19-20H,5-6,8-9,11H2,(H,26,27,30)(H,28,29,31)/t19-,20-/m0/s1. The molecule has 8 nitrogen and oxygen atoms in total. The van der Waals surface area contributed by atoms with Crippen molar-refractivity contribution in [3.63, 3.8) is 0 Å². The van der Waals surface area contributed by atoms with Crippen LogP contribution in [0.4, 0.5) is 11.9 Å². The molecule has 3 heterocycles. The number of anilines is 2. The van der Waals surface area contributed by atoms with Crippen molar-refractivity contribution in [2.24, 2.45) is 0 Å². The summed E-state index contributed by atoms with van der Waals surface area (Å²) >= 11 is 0. The van der Waals surface area contributed by atoms with Crippen LogP contribution in [0.15, 0.2) is 66.0 Å². The Bertz CT molecular complexity index is 1330. The first-order valence-electron chi connectivity index (χ1n) is 11.5. The van der Waals surface area contributed by atoms with Gasteiger partial charge in [0.25, 0.3) is 5.56 Å². The first-order valence-corrected chi connectivity index (χ1v) is 11.5. The summed E-state index contributed by atoms with van der Waals surface area (Å²) in [6.07, 6.45) is 12.8. The summed E-state index contributed by atoms with van der Waals surface area (Å²) < 4.78 is 1.64. The van der Waals surface area contributed by atoms with Gasteiger partial charge in [0.1, 0.15) is 0 Å². The van der Waals surface area contributed by atoms with Gasteiger partial charge in [0, 0.05) is 30.5 Å². The number of nitrogens with zero attached hydrogens (tertiary/aromatic N) is 5. The summed E-state index contributed by atoms with van der Waals surface area (Å²) in [5.74, 6) is 1.94. The van der Waals surface area contributed by atoms with Gasteiger partial charge in [-0.05, 0) is 61.1 Å². The van der Waals surface area contributed by atoms with E-state index in [9.17, 15) is 4.79 Å². The zero-order valence-electron chi connectivity index (χ0n) is 18.2. The van der Waals surface area contributed by atoms with Crippen LogP contribution in [0.1, 0.15) is 43.6 Å². The van der Waals surface area contributed by atoms with E-state index < -0.39 is 0 Å². The molecule has 6 rings (SSSR count). The van der Waals surface area contributed by atoms with E-state index in [-0.39, 0.29) is 11.6 Å². The molecule has 0 unspecified atom stereocenters. The minimum atomic E-state index is -0.102. The van der Waals surface area contributed by atoms with Gasteiger partial charge < -0.3 is 10.6 Å². The summed E-state index contributed by atoms with van der Waals surface area (Å²) in [7, 11) is 0. The van der Waals surface area contributed by atoms with E-state index in [1.54, 1.807) is 23.0 Å². The van der Waals surface area contributed by atoms with E-state index in [0.29, 0.717) is 29.5 Å². The number of para-hydroxylation sites is 1. The molecule has 166 valence electrons. The number of nitrogens with one attached hydrogen (secondary N) is 2. The summed E-state index contributed by atoms with van der Waals surface area (Å²) in [5, 5.41) is 7.88. The first-order chi connectivity index (χ1) is 16.2. The number of hydrogen-bond acceptors (Lipinski definition) is 7. The van der Waals surface area contributed by atoms with Crippen LogP contribution in [0.25, 0.3) is 16.6 Å². The maximum atomic E-state index is 12.5. The Morgan fingerprint density at radius 1 is 0.758 bits per heavy atom. The van der Waals surface area contributed by atoms with Gasteiger partial charge in [-0.3, -0.25) is 9.36 Å². The van der Waals surface area contributed by atoms with Crippen LogP contribution < -0.4 is 16.2 Å². The number of fused-ring (bicyclic) bond motifs is 1. The normalized spacial score (nSPS) is 20.1. The van der Waals surface area contributed by atoms with E-state index in [2.05, 4.69) is 30.6 Å². The molecule has 3 aromatic heterocycles. The van der Waals surface area contributed by atoms with Crippen LogP contribution in [0.5, 0.6) is 0 Å². The van der Waals surface area contributed by atoms with E-state index in [1.165, 1.54) is 18.4 Å². The topological polar surface area (TPSA) is 97.6 Å². The fourth-order valence-corrected chi connectivity index (χ4v) is 4.61. The lowest BCUT2D eigenvalue weighted by Crippen LogP contribution is -2.23. The average Bonchev–Trinajstić information content (AvgIpc) is 3.61. The molecular weight excluding hydrogens is 414 g/mol. The number of rotatable bonds is 6. The zero-order valence-corrected chi connectivity index (χ0v) is 18.2. The van der Waals surface area contributed by atoms with Gasteiger partial charge in [-0.15, -0.1) is 0 Å². The number of benzene rings is 1. The highest BCUT2D eigenvalue weighted by atomic mass is 16.1.